The van der Waals surface area contributed by atoms with Gasteiger partial charge in [-0.05, 0) is 12.3 Å². The molecule has 0 radical (unpaired) electrons. The number of rotatable bonds is 8. The normalized spacial score (nSPS) is 17.5. The maximum atomic E-state index is 11.7. The van der Waals surface area contributed by atoms with Crippen LogP contribution in [0.5, 0.6) is 0 Å². The van der Waals surface area contributed by atoms with Crippen molar-refractivity contribution in [2.75, 3.05) is 51.5 Å². The quantitative estimate of drug-likeness (QED) is 0.642. The Labute approximate surface area is 135 Å². The number of nitrogens with zero attached hydrogens (tertiary/aromatic N) is 3. The van der Waals surface area contributed by atoms with Gasteiger partial charge >= 0.3 is 0 Å². The zero-order chi connectivity index (χ0) is 16.7. The van der Waals surface area contributed by atoms with E-state index in [1.807, 2.05) is 0 Å². The molecular weight excluding hydrogens is 300 g/mol. The van der Waals surface area contributed by atoms with Crippen molar-refractivity contribution in [3.8, 4) is 0 Å². The number of carbonyl (C=O) groups excluding carboxylic acids is 1. The average Bonchev–Trinajstić information content (AvgIpc) is 3.01. The molecule has 0 unspecified atom stereocenters. The molecule has 0 spiro atoms. The molecule has 2 rings (SSSR count). The number of hydrogen-bond donors (Lipinski definition) is 1. The summed E-state index contributed by atoms with van der Waals surface area (Å²) >= 11 is 0. The van der Waals surface area contributed by atoms with E-state index >= 15 is 0 Å². The standard InChI is InChI=1S/C15H24N4O4/c1-18-15(21)7-13(9-17-18)19-4-3-12(10-19)8-16-14(20)11-23-6-5-22-2/h7,9,12H,3-6,8,10-11H2,1-2H3,(H,16,20)/t12-/m1/s1. The molecule has 8 nitrogen and oxygen atoms in total. The molecule has 1 saturated heterocycles. The number of carbonyl (C=O) groups is 1. The maximum absolute atomic E-state index is 11.7. The molecule has 1 fully saturated rings. The first kappa shape index (κ1) is 17.4. The van der Waals surface area contributed by atoms with E-state index in [0.29, 0.717) is 25.7 Å². The molecule has 128 valence electrons. The SMILES string of the molecule is COCCOCC(=O)NC[C@H]1CCN(c2cnn(C)c(=O)c2)C1. The van der Waals surface area contributed by atoms with Crippen LogP contribution in [0.25, 0.3) is 0 Å². The first-order valence-electron chi connectivity index (χ1n) is 7.72. The predicted octanol–water partition coefficient (Wildman–Crippen LogP) is -0.614. The van der Waals surface area contributed by atoms with E-state index in [2.05, 4.69) is 15.3 Å². The fourth-order valence-corrected chi connectivity index (χ4v) is 2.48. The largest absolute Gasteiger partial charge is 0.382 e. The van der Waals surface area contributed by atoms with E-state index in [1.54, 1.807) is 26.4 Å². The van der Waals surface area contributed by atoms with Crippen LogP contribution in [0.1, 0.15) is 6.42 Å². The van der Waals surface area contributed by atoms with Gasteiger partial charge in [-0.15, -0.1) is 0 Å². The van der Waals surface area contributed by atoms with Crippen LogP contribution in [0.3, 0.4) is 0 Å². The molecule has 1 aliphatic rings. The zero-order valence-corrected chi connectivity index (χ0v) is 13.7. The Morgan fingerprint density at radius 1 is 1.48 bits per heavy atom. The maximum Gasteiger partial charge on any atom is 0.268 e. The van der Waals surface area contributed by atoms with E-state index in [9.17, 15) is 9.59 Å². The molecule has 1 N–H and O–H groups in total. The number of ether oxygens (including phenoxy) is 2. The van der Waals surface area contributed by atoms with Crippen LogP contribution < -0.4 is 15.8 Å². The van der Waals surface area contributed by atoms with Crippen LogP contribution in [-0.2, 0) is 21.3 Å². The number of anilines is 1. The van der Waals surface area contributed by atoms with Gasteiger partial charge in [-0.3, -0.25) is 9.59 Å². The highest BCUT2D eigenvalue weighted by Gasteiger charge is 2.23. The van der Waals surface area contributed by atoms with Crippen molar-refractivity contribution < 1.29 is 14.3 Å². The molecule has 1 aromatic heterocycles. The Bertz CT molecular complexity index is 575. The zero-order valence-electron chi connectivity index (χ0n) is 13.7. The Hall–Kier alpha value is -1.93. The Morgan fingerprint density at radius 3 is 3.04 bits per heavy atom. The molecule has 0 aliphatic carbocycles. The number of aromatic nitrogens is 2. The molecule has 2 heterocycles. The van der Waals surface area contributed by atoms with Crippen molar-refractivity contribution in [1.29, 1.82) is 0 Å². The Kier molecular flexibility index (Phi) is 6.54. The molecule has 8 heteroatoms. The van der Waals surface area contributed by atoms with E-state index in [0.717, 1.165) is 25.2 Å². The van der Waals surface area contributed by atoms with E-state index in [-0.39, 0.29) is 18.1 Å². The highest BCUT2D eigenvalue weighted by Crippen LogP contribution is 2.21. The second-order valence-electron chi connectivity index (χ2n) is 5.63. The van der Waals surface area contributed by atoms with Gasteiger partial charge in [0.1, 0.15) is 6.61 Å². The summed E-state index contributed by atoms with van der Waals surface area (Å²) in [6.45, 7) is 3.23. The Morgan fingerprint density at radius 2 is 2.30 bits per heavy atom. The smallest absolute Gasteiger partial charge is 0.268 e. The van der Waals surface area contributed by atoms with Gasteiger partial charge in [-0.1, -0.05) is 0 Å². The van der Waals surface area contributed by atoms with Crippen molar-refractivity contribution in [1.82, 2.24) is 15.1 Å². The Balaban J connectivity index is 1.72. The summed E-state index contributed by atoms with van der Waals surface area (Å²) in [6.07, 6.45) is 2.67. The van der Waals surface area contributed by atoms with Gasteiger partial charge in [0.05, 0.1) is 25.1 Å². The van der Waals surface area contributed by atoms with Crippen molar-refractivity contribution in [3.63, 3.8) is 0 Å². The predicted molar refractivity (Wildman–Crippen MR) is 85.5 cm³/mol. The molecule has 0 bridgehead atoms. The fourth-order valence-electron chi connectivity index (χ4n) is 2.48. The lowest BCUT2D eigenvalue weighted by molar-refractivity contribution is -0.126. The molecular formula is C15H24N4O4. The number of methoxy groups -OCH3 is 1. The second kappa shape index (κ2) is 8.64. The summed E-state index contributed by atoms with van der Waals surface area (Å²) in [5, 5.41) is 6.92. The van der Waals surface area contributed by atoms with Gasteiger partial charge in [0.25, 0.3) is 5.56 Å². The third kappa shape index (κ3) is 5.33. The summed E-state index contributed by atoms with van der Waals surface area (Å²) in [5.41, 5.74) is 0.720. The molecule has 1 aromatic rings. The monoisotopic (exact) mass is 324 g/mol. The highest BCUT2D eigenvalue weighted by atomic mass is 16.5. The van der Waals surface area contributed by atoms with Crippen LogP contribution in [0.4, 0.5) is 5.69 Å². The minimum atomic E-state index is -0.118. The number of amides is 1. The van der Waals surface area contributed by atoms with E-state index in [4.69, 9.17) is 9.47 Å². The lowest BCUT2D eigenvalue weighted by Gasteiger charge is -2.18. The second-order valence-corrected chi connectivity index (χ2v) is 5.63. The van der Waals surface area contributed by atoms with Crippen LogP contribution in [0.15, 0.2) is 17.1 Å². The van der Waals surface area contributed by atoms with Crippen LogP contribution in [-0.4, -0.2) is 62.3 Å². The van der Waals surface area contributed by atoms with E-state index in [1.165, 1.54) is 4.68 Å². The first-order chi connectivity index (χ1) is 11.1. The van der Waals surface area contributed by atoms with Gasteiger partial charge in [-0.2, -0.15) is 5.10 Å². The van der Waals surface area contributed by atoms with Crippen LogP contribution in [0, 0.1) is 5.92 Å². The minimum absolute atomic E-state index is 0.0540. The molecule has 1 aliphatic heterocycles. The number of nitrogens with one attached hydrogen (secondary N) is 1. The van der Waals surface area contributed by atoms with Crippen LogP contribution in [0.2, 0.25) is 0 Å². The lowest BCUT2D eigenvalue weighted by atomic mass is 10.1. The molecule has 1 atom stereocenters. The van der Waals surface area contributed by atoms with Gasteiger partial charge < -0.3 is 19.7 Å². The van der Waals surface area contributed by atoms with Gasteiger partial charge in [-0.25, -0.2) is 4.68 Å². The van der Waals surface area contributed by atoms with Crippen molar-refractivity contribution in [2.24, 2.45) is 13.0 Å². The van der Waals surface area contributed by atoms with E-state index < -0.39 is 0 Å². The summed E-state index contributed by atoms with van der Waals surface area (Å²) in [7, 11) is 3.22. The molecule has 23 heavy (non-hydrogen) atoms. The average molecular weight is 324 g/mol. The third-order valence-corrected chi connectivity index (χ3v) is 3.86. The van der Waals surface area contributed by atoms with Crippen molar-refractivity contribution in [3.05, 3.63) is 22.6 Å². The first-order valence-corrected chi connectivity index (χ1v) is 7.72. The fraction of sp³-hybridized carbons (Fsp3) is 0.667. The lowest BCUT2D eigenvalue weighted by Crippen LogP contribution is -2.34. The third-order valence-electron chi connectivity index (χ3n) is 3.86. The minimum Gasteiger partial charge on any atom is -0.382 e. The summed E-state index contributed by atoms with van der Waals surface area (Å²) in [4.78, 5) is 25.4. The summed E-state index contributed by atoms with van der Waals surface area (Å²) in [6, 6.07) is 1.59. The highest BCUT2D eigenvalue weighted by molar-refractivity contribution is 5.77. The molecule has 0 saturated carbocycles. The van der Waals surface area contributed by atoms with Crippen LogP contribution >= 0.6 is 0 Å². The number of hydrogen-bond acceptors (Lipinski definition) is 6. The number of aryl methyl sites for hydroxylation is 1. The van der Waals surface area contributed by atoms with Crippen molar-refractivity contribution in [2.45, 2.75) is 6.42 Å². The summed E-state index contributed by atoms with van der Waals surface area (Å²) in [5.74, 6) is 0.247. The van der Waals surface area contributed by atoms with Crippen molar-refractivity contribution >= 4 is 11.6 Å². The van der Waals surface area contributed by atoms with Gasteiger partial charge in [0, 0.05) is 39.9 Å². The topological polar surface area (TPSA) is 85.7 Å². The summed E-state index contributed by atoms with van der Waals surface area (Å²) < 4.78 is 11.3. The molecule has 1 amide bonds. The van der Waals surface area contributed by atoms with Gasteiger partial charge in [0.2, 0.25) is 5.91 Å². The van der Waals surface area contributed by atoms with Gasteiger partial charge in [0.15, 0.2) is 0 Å². The molecule has 0 aromatic carbocycles.